The number of aromatic nitrogens is 2. The van der Waals surface area contributed by atoms with Crippen LogP contribution in [0.5, 0.6) is 0 Å². The van der Waals surface area contributed by atoms with Gasteiger partial charge in [-0.15, -0.1) is 0 Å². The van der Waals surface area contributed by atoms with Gasteiger partial charge in [0.15, 0.2) is 0 Å². The van der Waals surface area contributed by atoms with Gasteiger partial charge in [-0.1, -0.05) is 0 Å². The number of aliphatic carboxylic acids is 1. The lowest BCUT2D eigenvalue weighted by Crippen LogP contribution is -2.54. The Balaban J connectivity index is 1.87. The van der Waals surface area contributed by atoms with E-state index in [0.717, 1.165) is 12.0 Å². The lowest BCUT2D eigenvalue weighted by Gasteiger charge is -2.31. The van der Waals surface area contributed by atoms with Gasteiger partial charge in [0.2, 0.25) is 0 Å². The second-order valence-corrected chi connectivity index (χ2v) is 5.34. The van der Waals surface area contributed by atoms with Crippen molar-refractivity contribution in [2.75, 3.05) is 13.1 Å². The SMILES string of the molecule is Cn1cc(CCNC(=O)N2CCCC2(C)C(=O)O)cn1. The van der Waals surface area contributed by atoms with Gasteiger partial charge in [0, 0.05) is 26.3 Å². The van der Waals surface area contributed by atoms with Crippen LogP contribution in [0, 0.1) is 0 Å². The zero-order valence-corrected chi connectivity index (χ0v) is 11.8. The molecule has 0 aromatic carbocycles. The van der Waals surface area contributed by atoms with Gasteiger partial charge in [-0.05, 0) is 31.7 Å². The molecule has 0 saturated carbocycles. The molecule has 0 bridgehead atoms. The van der Waals surface area contributed by atoms with Gasteiger partial charge in [-0.2, -0.15) is 5.10 Å². The van der Waals surface area contributed by atoms with Crippen molar-refractivity contribution in [3.63, 3.8) is 0 Å². The highest BCUT2D eigenvalue weighted by Crippen LogP contribution is 2.29. The van der Waals surface area contributed by atoms with Gasteiger partial charge in [-0.3, -0.25) is 4.68 Å². The summed E-state index contributed by atoms with van der Waals surface area (Å²) in [7, 11) is 1.84. The maximum Gasteiger partial charge on any atom is 0.329 e. The molecule has 1 atom stereocenters. The van der Waals surface area contributed by atoms with Crippen molar-refractivity contribution in [3.8, 4) is 0 Å². The first-order chi connectivity index (χ1) is 9.43. The van der Waals surface area contributed by atoms with Crippen LogP contribution in [-0.2, 0) is 18.3 Å². The molecule has 1 aromatic rings. The second-order valence-electron chi connectivity index (χ2n) is 5.34. The summed E-state index contributed by atoms with van der Waals surface area (Å²) < 4.78 is 1.71. The van der Waals surface area contributed by atoms with Crippen LogP contribution >= 0.6 is 0 Å². The number of amides is 2. The second kappa shape index (κ2) is 5.52. The first-order valence-corrected chi connectivity index (χ1v) is 6.70. The monoisotopic (exact) mass is 280 g/mol. The molecule has 2 rings (SSSR count). The summed E-state index contributed by atoms with van der Waals surface area (Å²) in [6.07, 6.45) is 5.54. The first-order valence-electron chi connectivity index (χ1n) is 6.70. The molecule has 110 valence electrons. The van der Waals surface area contributed by atoms with Crippen molar-refractivity contribution >= 4 is 12.0 Å². The van der Waals surface area contributed by atoms with Crippen molar-refractivity contribution in [3.05, 3.63) is 18.0 Å². The van der Waals surface area contributed by atoms with E-state index in [0.29, 0.717) is 25.9 Å². The van der Waals surface area contributed by atoms with E-state index in [1.54, 1.807) is 17.8 Å². The number of nitrogens with zero attached hydrogens (tertiary/aromatic N) is 3. The van der Waals surface area contributed by atoms with Crippen molar-refractivity contribution in [1.29, 1.82) is 0 Å². The Bertz CT molecular complexity index is 513. The first kappa shape index (κ1) is 14.4. The van der Waals surface area contributed by atoms with Crippen molar-refractivity contribution < 1.29 is 14.7 Å². The zero-order valence-electron chi connectivity index (χ0n) is 11.8. The van der Waals surface area contributed by atoms with E-state index >= 15 is 0 Å². The highest BCUT2D eigenvalue weighted by molar-refractivity contribution is 5.86. The maximum atomic E-state index is 12.1. The van der Waals surface area contributed by atoms with E-state index in [9.17, 15) is 14.7 Å². The van der Waals surface area contributed by atoms with Crippen molar-refractivity contribution in [1.82, 2.24) is 20.0 Å². The molecule has 0 aliphatic carbocycles. The number of urea groups is 1. The van der Waals surface area contributed by atoms with Crippen molar-refractivity contribution in [2.24, 2.45) is 7.05 Å². The van der Waals surface area contributed by atoms with Crippen LogP contribution in [0.4, 0.5) is 4.79 Å². The fraction of sp³-hybridized carbons (Fsp3) is 0.615. The van der Waals surface area contributed by atoms with Crippen LogP contribution in [0.1, 0.15) is 25.3 Å². The summed E-state index contributed by atoms with van der Waals surface area (Å²) in [4.78, 5) is 24.8. The molecule has 0 radical (unpaired) electrons. The summed E-state index contributed by atoms with van der Waals surface area (Å²) in [5.41, 5.74) is -0.0477. The lowest BCUT2D eigenvalue weighted by atomic mass is 10.00. The van der Waals surface area contributed by atoms with Crippen LogP contribution in [0.3, 0.4) is 0 Å². The molecule has 7 nitrogen and oxygen atoms in total. The maximum absolute atomic E-state index is 12.1. The van der Waals surface area contributed by atoms with Gasteiger partial charge >= 0.3 is 12.0 Å². The molecular formula is C13H20N4O3. The predicted octanol–water partition coefficient (Wildman–Crippen LogP) is 0.611. The van der Waals surface area contributed by atoms with Gasteiger partial charge < -0.3 is 15.3 Å². The summed E-state index contributed by atoms with van der Waals surface area (Å²) in [6, 6.07) is -0.309. The van der Waals surface area contributed by atoms with Gasteiger partial charge in [0.25, 0.3) is 0 Å². The van der Waals surface area contributed by atoms with E-state index in [-0.39, 0.29) is 6.03 Å². The average Bonchev–Trinajstić information content (AvgIpc) is 2.96. The number of carbonyl (C=O) groups excluding carboxylic acids is 1. The molecular weight excluding hydrogens is 260 g/mol. The number of aryl methyl sites for hydroxylation is 1. The molecule has 1 unspecified atom stereocenters. The van der Waals surface area contributed by atoms with E-state index in [4.69, 9.17) is 0 Å². The third-order valence-corrected chi connectivity index (χ3v) is 3.80. The number of hydrogen-bond donors (Lipinski definition) is 2. The van der Waals surface area contributed by atoms with Crippen LogP contribution in [0.25, 0.3) is 0 Å². The van der Waals surface area contributed by atoms with Crippen LogP contribution < -0.4 is 5.32 Å². The fourth-order valence-electron chi connectivity index (χ4n) is 2.52. The lowest BCUT2D eigenvalue weighted by molar-refractivity contribution is -0.147. The largest absolute Gasteiger partial charge is 0.480 e. The highest BCUT2D eigenvalue weighted by atomic mass is 16.4. The highest BCUT2D eigenvalue weighted by Gasteiger charge is 2.45. The minimum absolute atomic E-state index is 0.309. The fourth-order valence-corrected chi connectivity index (χ4v) is 2.52. The molecule has 2 N–H and O–H groups in total. The number of carboxylic acids is 1. The van der Waals surface area contributed by atoms with E-state index in [2.05, 4.69) is 10.4 Å². The van der Waals surface area contributed by atoms with E-state index < -0.39 is 11.5 Å². The Labute approximate surface area is 117 Å². The molecule has 1 aliphatic heterocycles. The Morgan fingerprint density at radius 2 is 2.30 bits per heavy atom. The predicted molar refractivity (Wildman–Crippen MR) is 72.3 cm³/mol. The molecule has 1 fully saturated rings. The Morgan fingerprint density at radius 3 is 2.90 bits per heavy atom. The molecule has 0 spiro atoms. The zero-order chi connectivity index (χ0) is 14.8. The summed E-state index contributed by atoms with van der Waals surface area (Å²) >= 11 is 0. The molecule has 1 aromatic heterocycles. The van der Waals surface area contributed by atoms with Crippen LogP contribution in [0.15, 0.2) is 12.4 Å². The summed E-state index contributed by atoms with van der Waals surface area (Å²) in [5, 5.41) is 16.1. The number of carbonyl (C=O) groups is 2. The summed E-state index contributed by atoms with van der Waals surface area (Å²) in [6.45, 7) is 2.56. The smallest absolute Gasteiger partial charge is 0.329 e. The minimum Gasteiger partial charge on any atom is -0.480 e. The molecule has 1 saturated heterocycles. The molecule has 1 aliphatic rings. The topological polar surface area (TPSA) is 87.5 Å². The van der Waals surface area contributed by atoms with E-state index in [1.807, 2.05) is 13.2 Å². The third-order valence-electron chi connectivity index (χ3n) is 3.80. The molecule has 20 heavy (non-hydrogen) atoms. The summed E-state index contributed by atoms with van der Waals surface area (Å²) in [5.74, 6) is -0.947. The Hall–Kier alpha value is -2.05. The number of likely N-dealkylation sites (tertiary alicyclic amines) is 1. The standard InChI is InChI=1S/C13H20N4O3/c1-13(11(18)19)5-3-7-17(13)12(20)14-6-4-10-8-15-16(2)9-10/h8-9H,3-7H2,1-2H3,(H,14,20)(H,18,19). The number of nitrogens with one attached hydrogen (secondary N) is 1. The van der Waals surface area contributed by atoms with Crippen LogP contribution in [-0.4, -0.2) is 50.4 Å². The average molecular weight is 280 g/mol. The molecule has 2 heterocycles. The van der Waals surface area contributed by atoms with Gasteiger partial charge in [-0.25, -0.2) is 9.59 Å². The molecule has 7 heteroatoms. The van der Waals surface area contributed by atoms with Crippen molar-refractivity contribution in [2.45, 2.75) is 31.7 Å². The Kier molecular flexibility index (Phi) is 3.96. The normalized spacial score (nSPS) is 22.0. The van der Waals surface area contributed by atoms with Gasteiger partial charge in [0.05, 0.1) is 6.20 Å². The molecule has 2 amide bonds. The van der Waals surface area contributed by atoms with Gasteiger partial charge in [0.1, 0.15) is 5.54 Å². The van der Waals surface area contributed by atoms with E-state index in [1.165, 1.54) is 4.90 Å². The number of rotatable bonds is 4. The minimum atomic E-state index is -1.08. The van der Waals surface area contributed by atoms with Crippen LogP contribution in [0.2, 0.25) is 0 Å². The Morgan fingerprint density at radius 1 is 1.55 bits per heavy atom. The number of hydrogen-bond acceptors (Lipinski definition) is 3. The third kappa shape index (κ3) is 2.76. The quantitative estimate of drug-likeness (QED) is 0.846. The number of carboxylic acid groups (broad SMARTS) is 1.